The summed E-state index contributed by atoms with van der Waals surface area (Å²) in [5, 5.41) is 4.35. The Bertz CT molecular complexity index is 903. The molecule has 27 heavy (non-hydrogen) atoms. The lowest BCUT2D eigenvalue weighted by Gasteiger charge is -2.11. The third kappa shape index (κ3) is 4.42. The molecule has 2 aromatic carbocycles. The van der Waals surface area contributed by atoms with Crippen LogP contribution in [0.4, 0.5) is 13.2 Å². The average molecular weight is 396 g/mol. The highest BCUT2D eigenvalue weighted by atomic mass is 35.5. The molecule has 1 heterocycles. The Kier molecular flexibility index (Phi) is 5.41. The second kappa shape index (κ2) is 7.60. The zero-order valence-corrected chi connectivity index (χ0v) is 15.4. The first-order valence-corrected chi connectivity index (χ1v) is 8.78. The molecule has 0 aliphatic carbocycles. The molecule has 0 amide bonds. The van der Waals surface area contributed by atoms with Gasteiger partial charge in [-0.1, -0.05) is 12.1 Å². The molecule has 4 nitrogen and oxygen atoms in total. The summed E-state index contributed by atoms with van der Waals surface area (Å²) < 4.78 is 45.5. The zero-order chi connectivity index (χ0) is 19.6. The van der Waals surface area contributed by atoms with E-state index in [0.717, 1.165) is 12.1 Å². The van der Waals surface area contributed by atoms with Crippen molar-refractivity contribution in [2.24, 2.45) is 0 Å². The number of halogens is 4. The number of aromatic nitrogens is 3. The number of rotatable bonds is 5. The van der Waals surface area contributed by atoms with Crippen LogP contribution in [0.1, 0.15) is 25.2 Å². The van der Waals surface area contributed by atoms with Crippen LogP contribution >= 0.6 is 11.6 Å². The minimum atomic E-state index is -4.39. The Morgan fingerprint density at radius 1 is 1.04 bits per heavy atom. The van der Waals surface area contributed by atoms with Gasteiger partial charge in [-0.05, 0) is 50.2 Å². The normalized spacial score (nSPS) is 11.8. The molecule has 0 aliphatic rings. The molecule has 0 N–H and O–H groups in total. The SMILES string of the molecule is CC(C)Oc1ccc(-n2nc(CCl)nc2-c2ccc(C(F)(F)F)cc2)cc1. The summed E-state index contributed by atoms with van der Waals surface area (Å²) in [5.74, 6) is 1.60. The van der Waals surface area contributed by atoms with Crippen molar-refractivity contribution < 1.29 is 17.9 Å². The van der Waals surface area contributed by atoms with E-state index >= 15 is 0 Å². The van der Waals surface area contributed by atoms with Crippen molar-refractivity contribution in [3.8, 4) is 22.8 Å². The Hall–Kier alpha value is -2.54. The van der Waals surface area contributed by atoms with Crippen molar-refractivity contribution in [2.75, 3.05) is 0 Å². The van der Waals surface area contributed by atoms with Crippen LogP contribution in [0.15, 0.2) is 48.5 Å². The van der Waals surface area contributed by atoms with Gasteiger partial charge in [0.05, 0.1) is 23.2 Å². The lowest BCUT2D eigenvalue weighted by atomic mass is 10.1. The number of ether oxygens (including phenoxy) is 1. The van der Waals surface area contributed by atoms with Crippen molar-refractivity contribution in [3.05, 3.63) is 59.9 Å². The molecular formula is C19H17ClF3N3O. The van der Waals surface area contributed by atoms with Gasteiger partial charge in [0, 0.05) is 5.56 Å². The number of benzene rings is 2. The van der Waals surface area contributed by atoms with E-state index in [0.29, 0.717) is 28.6 Å². The molecule has 0 radical (unpaired) electrons. The zero-order valence-electron chi connectivity index (χ0n) is 14.7. The van der Waals surface area contributed by atoms with E-state index in [1.54, 1.807) is 28.9 Å². The van der Waals surface area contributed by atoms with E-state index in [9.17, 15) is 13.2 Å². The third-order valence-electron chi connectivity index (χ3n) is 3.69. The maximum Gasteiger partial charge on any atom is 0.416 e. The molecule has 0 bridgehead atoms. The fraction of sp³-hybridized carbons (Fsp3) is 0.263. The first-order valence-electron chi connectivity index (χ1n) is 8.24. The molecule has 0 aliphatic heterocycles. The number of nitrogens with zero attached hydrogens (tertiary/aromatic N) is 3. The van der Waals surface area contributed by atoms with Crippen LogP contribution in [0.5, 0.6) is 5.75 Å². The van der Waals surface area contributed by atoms with E-state index < -0.39 is 11.7 Å². The fourth-order valence-electron chi connectivity index (χ4n) is 2.52. The molecule has 0 atom stereocenters. The average Bonchev–Trinajstić information content (AvgIpc) is 3.06. The van der Waals surface area contributed by atoms with E-state index in [4.69, 9.17) is 16.3 Å². The van der Waals surface area contributed by atoms with Crippen molar-refractivity contribution in [1.29, 1.82) is 0 Å². The number of hydrogen-bond acceptors (Lipinski definition) is 3. The standard InChI is InChI=1S/C19H17ClF3N3O/c1-12(2)27-16-9-7-15(8-10-16)26-18(24-17(11-20)25-26)13-3-5-14(6-4-13)19(21,22)23/h3-10,12H,11H2,1-2H3. The molecule has 0 saturated heterocycles. The van der Waals surface area contributed by atoms with Crippen LogP contribution in [0, 0.1) is 0 Å². The quantitative estimate of drug-likeness (QED) is 0.537. The van der Waals surface area contributed by atoms with Crippen LogP contribution in [0.2, 0.25) is 0 Å². The highest BCUT2D eigenvalue weighted by Crippen LogP contribution is 2.31. The molecule has 0 unspecified atom stereocenters. The third-order valence-corrected chi connectivity index (χ3v) is 3.93. The molecule has 142 valence electrons. The summed E-state index contributed by atoms with van der Waals surface area (Å²) in [6.45, 7) is 3.86. The molecule has 8 heteroatoms. The van der Waals surface area contributed by atoms with Crippen LogP contribution in [0.3, 0.4) is 0 Å². The van der Waals surface area contributed by atoms with E-state index in [1.807, 2.05) is 13.8 Å². The van der Waals surface area contributed by atoms with Gasteiger partial charge < -0.3 is 4.74 Å². The molecule has 1 aromatic heterocycles. The predicted octanol–water partition coefficient (Wildman–Crippen LogP) is 5.48. The largest absolute Gasteiger partial charge is 0.491 e. The minimum absolute atomic E-state index is 0.0489. The van der Waals surface area contributed by atoms with Crippen LogP contribution in [0.25, 0.3) is 17.1 Å². The fourth-order valence-corrected chi connectivity index (χ4v) is 2.64. The summed E-state index contributed by atoms with van der Waals surface area (Å²) in [6, 6.07) is 12.0. The molecule has 3 aromatic rings. The van der Waals surface area contributed by atoms with Gasteiger partial charge in [-0.2, -0.15) is 13.2 Å². The van der Waals surface area contributed by atoms with Crippen molar-refractivity contribution in [3.63, 3.8) is 0 Å². The highest BCUT2D eigenvalue weighted by molar-refractivity contribution is 6.16. The summed E-state index contributed by atoms with van der Waals surface area (Å²) in [7, 11) is 0. The van der Waals surface area contributed by atoms with Crippen LogP contribution in [-0.4, -0.2) is 20.9 Å². The molecule has 3 rings (SSSR count). The van der Waals surface area contributed by atoms with Gasteiger partial charge in [0.15, 0.2) is 11.6 Å². The van der Waals surface area contributed by atoms with E-state index in [2.05, 4.69) is 10.1 Å². The van der Waals surface area contributed by atoms with Crippen molar-refractivity contribution in [1.82, 2.24) is 14.8 Å². The first kappa shape index (κ1) is 19.2. The lowest BCUT2D eigenvalue weighted by molar-refractivity contribution is -0.137. The van der Waals surface area contributed by atoms with Crippen LogP contribution < -0.4 is 4.74 Å². The van der Waals surface area contributed by atoms with Gasteiger partial charge in [-0.25, -0.2) is 9.67 Å². The topological polar surface area (TPSA) is 39.9 Å². The van der Waals surface area contributed by atoms with Gasteiger partial charge in [-0.15, -0.1) is 16.7 Å². The van der Waals surface area contributed by atoms with Crippen LogP contribution in [-0.2, 0) is 12.1 Å². The Morgan fingerprint density at radius 2 is 1.67 bits per heavy atom. The first-order chi connectivity index (χ1) is 12.8. The molecular weight excluding hydrogens is 379 g/mol. The second-order valence-electron chi connectivity index (χ2n) is 6.13. The monoisotopic (exact) mass is 395 g/mol. The summed E-state index contributed by atoms with van der Waals surface area (Å²) in [6.07, 6.45) is -4.34. The Balaban J connectivity index is 1.99. The maximum atomic E-state index is 12.8. The molecule has 0 fully saturated rings. The summed E-state index contributed by atoms with van der Waals surface area (Å²) >= 11 is 5.85. The van der Waals surface area contributed by atoms with Crippen molar-refractivity contribution in [2.45, 2.75) is 32.0 Å². The predicted molar refractivity (Wildman–Crippen MR) is 97.1 cm³/mol. The van der Waals surface area contributed by atoms with E-state index in [1.165, 1.54) is 12.1 Å². The summed E-state index contributed by atoms with van der Waals surface area (Å²) in [5.41, 5.74) is 0.490. The Morgan fingerprint density at radius 3 is 2.19 bits per heavy atom. The van der Waals surface area contributed by atoms with Gasteiger partial charge in [0.2, 0.25) is 0 Å². The minimum Gasteiger partial charge on any atom is -0.491 e. The number of alkyl halides is 4. The maximum absolute atomic E-state index is 12.8. The van der Waals surface area contributed by atoms with Gasteiger partial charge in [-0.3, -0.25) is 0 Å². The van der Waals surface area contributed by atoms with Crippen molar-refractivity contribution >= 4 is 11.6 Å². The molecule has 0 saturated carbocycles. The number of hydrogen-bond donors (Lipinski definition) is 0. The molecule has 0 spiro atoms. The van der Waals surface area contributed by atoms with E-state index in [-0.39, 0.29) is 12.0 Å². The Labute approximate surface area is 159 Å². The lowest BCUT2D eigenvalue weighted by Crippen LogP contribution is -2.06. The van der Waals surface area contributed by atoms with Gasteiger partial charge >= 0.3 is 6.18 Å². The second-order valence-corrected chi connectivity index (χ2v) is 6.40. The highest BCUT2D eigenvalue weighted by Gasteiger charge is 2.30. The van der Waals surface area contributed by atoms with Gasteiger partial charge in [0.25, 0.3) is 0 Å². The summed E-state index contributed by atoms with van der Waals surface area (Å²) in [4.78, 5) is 4.35. The van der Waals surface area contributed by atoms with Gasteiger partial charge in [0.1, 0.15) is 5.75 Å². The smallest absolute Gasteiger partial charge is 0.416 e.